The van der Waals surface area contributed by atoms with Gasteiger partial charge in [0.15, 0.2) is 0 Å². The highest BCUT2D eigenvalue weighted by Crippen LogP contribution is 2.29. The van der Waals surface area contributed by atoms with Crippen molar-refractivity contribution in [2.75, 3.05) is 13.2 Å². The molecule has 1 aliphatic heterocycles. The first kappa shape index (κ1) is 17.9. The van der Waals surface area contributed by atoms with E-state index in [1.54, 1.807) is 0 Å². The molecule has 1 aliphatic rings. The summed E-state index contributed by atoms with van der Waals surface area (Å²) in [5.74, 6) is -0.575. The third-order valence-corrected chi connectivity index (χ3v) is 4.00. The molecule has 130 valence electrons. The molecule has 1 aromatic rings. The van der Waals surface area contributed by atoms with Crippen molar-refractivity contribution in [3.05, 3.63) is 46.0 Å². The van der Waals surface area contributed by atoms with Crippen LogP contribution in [0.2, 0.25) is 0 Å². The molecule has 1 saturated heterocycles. The van der Waals surface area contributed by atoms with Crippen LogP contribution in [0.4, 0.5) is 4.79 Å². The van der Waals surface area contributed by atoms with Gasteiger partial charge < -0.3 is 4.74 Å². The van der Waals surface area contributed by atoms with E-state index in [1.807, 2.05) is 44.2 Å². The monoisotopic (exact) mass is 334 g/mol. The fourth-order valence-electron chi connectivity index (χ4n) is 3.06. The highest BCUT2D eigenvalue weighted by atomic mass is 16.6. The number of cyclic esters (lactones) is 1. The summed E-state index contributed by atoms with van der Waals surface area (Å²) in [7, 11) is 0. The Morgan fingerprint density at radius 2 is 2.04 bits per heavy atom. The number of hydrogen-bond acceptors (Lipinski definition) is 5. The van der Waals surface area contributed by atoms with E-state index < -0.39 is 28.9 Å². The third kappa shape index (κ3) is 4.53. The highest BCUT2D eigenvalue weighted by Gasteiger charge is 2.39. The zero-order valence-corrected chi connectivity index (χ0v) is 13.9. The number of carbonyl (C=O) groups is 2. The lowest BCUT2D eigenvalue weighted by molar-refractivity contribution is -0.488. The van der Waals surface area contributed by atoms with E-state index in [4.69, 9.17) is 4.74 Å². The number of nitrogens with zero attached hydrogens (tertiary/aromatic N) is 2. The molecule has 0 bridgehead atoms. The summed E-state index contributed by atoms with van der Waals surface area (Å²) in [4.78, 5) is 36.1. The maximum Gasteiger partial charge on any atom is 0.417 e. The predicted octanol–water partition coefficient (Wildman–Crippen LogP) is 3.04. The lowest BCUT2D eigenvalue weighted by Gasteiger charge is -2.22. The van der Waals surface area contributed by atoms with E-state index in [-0.39, 0.29) is 25.5 Å². The number of rotatable bonds is 7. The highest BCUT2D eigenvalue weighted by molar-refractivity contribution is 5.93. The molecule has 1 heterocycles. The first-order valence-electron chi connectivity index (χ1n) is 8.04. The van der Waals surface area contributed by atoms with Gasteiger partial charge in [0.1, 0.15) is 12.6 Å². The third-order valence-electron chi connectivity index (χ3n) is 4.00. The van der Waals surface area contributed by atoms with Crippen LogP contribution in [0.15, 0.2) is 30.3 Å². The van der Waals surface area contributed by atoms with Gasteiger partial charge in [-0.2, -0.15) is 0 Å². The second-order valence-electron chi connectivity index (χ2n) is 6.48. The molecule has 2 atom stereocenters. The number of nitro groups is 1. The average molecular weight is 334 g/mol. The Kier molecular flexibility index (Phi) is 5.89. The molecule has 1 aromatic carbocycles. The molecule has 1 fully saturated rings. The van der Waals surface area contributed by atoms with E-state index in [0.717, 1.165) is 10.5 Å². The summed E-state index contributed by atoms with van der Waals surface area (Å²) >= 11 is 0. The average Bonchev–Trinajstić information content (AvgIpc) is 2.88. The summed E-state index contributed by atoms with van der Waals surface area (Å²) in [6.07, 6.45) is -0.151. The van der Waals surface area contributed by atoms with E-state index in [9.17, 15) is 19.7 Å². The largest absolute Gasteiger partial charge is 0.446 e. The predicted molar refractivity (Wildman–Crippen MR) is 86.8 cm³/mol. The molecule has 2 rings (SSSR count). The van der Waals surface area contributed by atoms with Crippen LogP contribution in [-0.2, 0) is 9.53 Å². The lowest BCUT2D eigenvalue weighted by Crippen LogP contribution is -2.36. The second kappa shape index (κ2) is 7.90. The van der Waals surface area contributed by atoms with E-state index in [0.29, 0.717) is 6.42 Å². The van der Waals surface area contributed by atoms with Gasteiger partial charge in [-0.05, 0) is 17.9 Å². The normalized spacial score (nSPS) is 18.5. The molecule has 2 amide bonds. The Morgan fingerprint density at radius 1 is 1.38 bits per heavy atom. The number of amides is 2. The smallest absolute Gasteiger partial charge is 0.417 e. The van der Waals surface area contributed by atoms with Crippen molar-refractivity contribution >= 4 is 12.0 Å². The zero-order valence-electron chi connectivity index (χ0n) is 13.9. The van der Waals surface area contributed by atoms with Crippen LogP contribution in [0.3, 0.4) is 0 Å². The van der Waals surface area contributed by atoms with E-state index in [2.05, 4.69) is 0 Å². The van der Waals surface area contributed by atoms with Crippen molar-refractivity contribution in [3.63, 3.8) is 0 Å². The number of carbonyl (C=O) groups excluding carboxylic acids is 2. The summed E-state index contributed by atoms with van der Waals surface area (Å²) < 4.78 is 5.03. The van der Waals surface area contributed by atoms with Gasteiger partial charge in [0.05, 0.1) is 0 Å². The molecule has 0 aromatic heterocycles. The number of benzene rings is 1. The molecule has 0 saturated carbocycles. The quantitative estimate of drug-likeness (QED) is 0.565. The standard InChI is InChI=1S/C17H22N2O5/c1-12(2)8-13(10-18(22)23)9-16(20)19-15(11-24-17(19)21)14-6-4-3-5-7-14/h3-7,12-13,15H,8-11H2,1-2H3/t13?,15-/m0/s1. The molecular formula is C17H22N2O5. The zero-order chi connectivity index (χ0) is 17.7. The first-order valence-corrected chi connectivity index (χ1v) is 8.04. The Morgan fingerprint density at radius 3 is 2.62 bits per heavy atom. The molecule has 0 N–H and O–H groups in total. The van der Waals surface area contributed by atoms with Crippen molar-refractivity contribution in [2.45, 2.75) is 32.7 Å². The maximum absolute atomic E-state index is 12.6. The molecule has 0 spiro atoms. The van der Waals surface area contributed by atoms with E-state index >= 15 is 0 Å². The van der Waals surface area contributed by atoms with Gasteiger partial charge in [-0.3, -0.25) is 14.9 Å². The van der Waals surface area contributed by atoms with Crippen LogP contribution in [0.25, 0.3) is 0 Å². The summed E-state index contributed by atoms with van der Waals surface area (Å²) in [5, 5.41) is 10.8. The fraction of sp³-hybridized carbons (Fsp3) is 0.529. The topological polar surface area (TPSA) is 89.8 Å². The SMILES string of the molecule is CC(C)CC(CC(=O)N1C(=O)OC[C@H]1c1ccccc1)C[N+](=O)[O-]. The Balaban J connectivity index is 2.12. The van der Waals surface area contributed by atoms with Crippen LogP contribution >= 0.6 is 0 Å². The van der Waals surface area contributed by atoms with Crippen LogP contribution in [0, 0.1) is 22.0 Å². The second-order valence-corrected chi connectivity index (χ2v) is 6.48. The van der Waals surface area contributed by atoms with Crippen LogP contribution in [0.1, 0.15) is 38.3 Å². The summed E-state index contributed by atoms with van der Waals surface area (Å²) in [6.45, 7) is 3.74. The molecule has 24 heavy (non-hydrogen) atoms. The maximum atomic E-state index is 12.6. The minimum absolute atomic E-state index is 0.0302. The van der Waals surface area contributed by atoms with Gasteiger partial charge >= 0.3 is 6.09 Å². The van der Waals surface area contributed by atoms with Gasteiger partial charge in [0.2, 0.25) is 12.5 Å². The van der Waals surface area contributed by atoms with Gasteiger partial charge in [-0.15, -0.1) is 0 Å². The van der Waals surface area contributed by atoms with Crippen molar-refractivity contribution in [1.29, 1.82) is 0 Å². The lowest BCUT2D eigenvalue weighted by atomic mass is 9.93. The first-order chi connectivity index (χ1) is 11.4. The Labute approximate surface area is 140 Å². The number of hydrogen-bond donors (Lipinski definition) is 0. The summed E-state index contributed by atoms with van der Waals surface area (Å²) in [5.41, 5.74) is 0.811. The molecule has 1 unspecified atom stereocenters. The Bertz CT molecular complexity index is 602. The Hall–Kier alpha value is -2.44. The fourth-order valence-corrected chi connectivity index (χ4v) is 3.06. The van der Waals surface area contributed by atoms with Gasteiger partial charge in [-0.1, -0.05) is 44.2 Å². The van der Waals surface area contributed by atoms with Gasteiger partial charge in [0.25, 0.3) is 0 Å². The van der Waals surface area contributed by atoms with Crippen molar-refractivity contribution in [1.82, 2.24) is 4.90 Å². The van der Waals surface area contributed by atoms with Crippen LogP contribution < -0.4 is 0 Å². The minimum Gasteiger partial charge on any atom is -0.446 e. The molecular weight excluding hydrogens is 312 g/mol. The number of imide groups is 1. The molecule has 0 aliphatic carbocycles. The molecule has 7 heteroatoms. The van der Waals surface area contributed by atoms with E-state index in [1.165, 1.54) is 0 Å². The molecule has 7 nitrogen and oxygen atoms in total. The molecule has 0 radical (unpaired) electrons. The van der Waals surface area contributed by atoms with Crippen molar-refractivity contribution in [3.8, 4) is 0 Å². The van der Waals surface area contributed by atoms with Crippen LogP contribution in [0.5, 0.6) is 0 Å². The van der Waals surface area contributed by atoms with Crippen molar-refractivity contribution in [2.24, 2.45) is 11.8 Å². The van der Waals surface area contributed by atoms with Gasteiger partial charge in [-0.25, -0.2) is 9.69 Å². The number of ether oxygens (including phenoxy) is 1. The van der Waals surface area contributed by atoms with Crippen molar-refractivity contribution < 1.29 is 19.2 Å². The minimum atomic E-state index is -0.682. The summed E-state index contributed by atoms with van der Waals surface area (Å²) in [6, 6.07) is 8.69. The van der Waals surface area contributed by atoms with Gasteiger partial charge in [0, 0.05) is 17.3 Å². The van der Waals surface area contributed by atoms with Crippen LogP contribution in [-0.4, -0.2) is 35.0 Å².